The Morgan fingerprint density at radius 1 is 1.48 bits per heavy atom. The molecule has 23 heavy (non-hydrogen) atoms. The molecule has 1 unspecified atom stereocenters. The fourth-order valence-corrected chi connectivity index (χ4v) is 3.12. The molecule has 0 saturated carbocycles. The predicted octanol–water partition coefficient (Wildman–Crippen LogP) is 2.05. The standard InChI is InChI=1S/C14H14Cl2FN5O/c15-7-14(23)21(8-10-11(16)2-1-3-12(10)17)9-4-5-22-13(6-9)18-19-20-22/h1-3,9H,4-8H2. The second-order valence-electron chi connectivity index (χ2n) is 5.32. The molecule has 1 atom stereocenters. The molecule has 0 fully saturated rings. The zero-order valence-corrected chi connectivity index (χ0v) is 13.6. The number of fused-ring (bicyclic) bond motifs is 1. The van der Waals surface area contributed by atoms with Crippen LogP contribution in [0, 0.1) is 5.82 Å². The maximum Gasteiger partial charge on any atom is 0.238 e. The van der Waals surface area contributed by atoms with Crippen LogP contribution in [0.25, 0.3) is 0 Å². The fourth-order valence-electron chi connectivity index (χ4n) is 2.74. The van der Waals surface area contributed by atoms with E-state index in [0.717, 1.165) is 0 Å². The number of halogens is 3. The van der Waals surface area contributed by atoms with Crippen molar-refractivity contribution in [3.8, 4) is 0 Å². The maximum atomic E-state index is 14.0. The van der Waals surface area contributed by atoms with Gasteiger partial charge in [0.05, 0.1) is 6.54 Å². The highest BCUT2D eigenvalue weighted by Crippen LogP contribution is 2.25. The van der Waals surface area contributed by atoms with E-state index >= 15 is 0 Å². The Morgan fingerprint density at radius 2 is 2.30 bits per heavy atom. The Morgan fingerprint density at radius 3 is 3.04 bits per heavy atom. The van der Waals surface area contributed by atoms with E-state index in [2.05, 4.69) is 15.5 Å². The monoisotopic (exact) mass is 357 g/mol. The van der Waals surface area contributed by atoms with Gasteiger partial charge in [0.2, 0.25) is 5.91 Å². The molecule has 0 N–H and O–H groups in total. The number of carbonyl (C=O) groups excluding carboxylic acids is 1. The van der Waals surface area contributed by atoms with Crippen molar-refractivity contribution in [2.24, 2.45) is 0 Å². The zero-order valence-electron chi connectivity index (χ0n) is 12.1. The molecule has 1 aromatic heterocycles. The lowest BCUT2D eigenvalue weighted by atomic mass is 10.0. The van der Waals surface area contributed by atoms with Gasteiger partial charge in [-0.3, -0.25) is 4.79 Å². The van der Waals surface area contributed by atoms with Crippen molar-refractivity contribution in [2.75, 3.05) is 5.88 Å². The summed E-state index contributed by atoms with van der Waals surface area (Å²) in [5.41, 5.74) is 0.290. The second kappa shape index (κ2) is 6.80. The minimum Gasteiger partial charge on any atom is -0.334 e. The molecule has 0 saturated heterocycles. The lowest BCUT2D eigenvalue weighted by Gasteiger charge is -2.33. The highest BCUT2D eigenvalue weighted by molar-refractivity contribution is 6.31. The lowest BCUT2D eigenvalue weighted by molar-refractivity contribution is -0.132. The van der Waals surface area contributed by atoms with Gasteiger partial charge in [-0.05, 0) is 29.0 Å². The minimum atomic E-state index is -0.439. The number of nitrogens with zero attached hydrogens (tertiary/aromatic N) is 5. The molecule has 0 bridgehead atoms. The zero-order chi connectivity index (χ0) is 16.4. The number of alkyl halides is 1. The summed E-state index contributed by atoms with van der Waals surface area (Å²) >= 11 is 11.8. The normalized spacial score (nSPS) is 16.9. The van der Waals surface area contributed by atoms with Crippen LogP contribution in [0.3, 0.4) is 0 Å². The van der Waals surface area contributed by atoms with Gasteiger partial charge in [-0.25, -0.2) is 9.07 Å². The molecular formula is C14H14Cl2FN5O. The van der Waals surface area contributed by atoms with Crippen molar-refractivity contribution in [3.05, 3.63) is 40.4 Å². The summed E-state index contributed by atoms with van der Waals surface area (Å²) in [6, 6.07) is 4.32. The van der Waals surface area contributed by atoms with Gasteiger partial charge in [-0.2, -0.15) is 0 Å². The fraction of sp³-hybridized carbons (Fsp3) is 0.429. The third kappa shape index (κ3) is 3.30. The van der Waals surface area contributed by atoms with E-state index in [1.807, 2.05) is 0 Å². The largest absolute Gasteiger partial charge is 0.334 e. The third-order valence-corrected chi connectivity index (χ3v) is 4.55. The van der Waals surface area contributed by atoms with Crippen LogP contribution in [0.4, 0.5) is 4.39 Å². The molecule has 1 aromatic carbocycles. The summed E-state index contributed by atoms with van der Waals surface area (Å²) in [4.78, 5) is 13.8. The number of rotatable bonds is 4. The van der Waals surface area contributed by atoms with E-state index in [0.29, 0.717) is 25.2 Å². The van der Waals surface area contributed by atoms with Gasteiger partial charge >= 0.3 is 0 Å². The first-order valence-electron chi connectivity index (χ1n) is 7.13. The highest BCUT2D eigenvalue weighted by Gasteiger charge is 2.30. The SMILES string of the molecule is O=C(CCl)N(Cc1c(F)cccc1Cl)C1CCn2nnnc2C1. The predicted molar refractivity (Wildman–Crippen MR) is 82.6 cm³/mol. The van der Waals surface area contributed by atoms with Crippen LogP contribution in [0.15, 0.2) is 18.2 Å². The number of benzene rings is 1. The number of hydrogen-bond donors (Lipinski definition) is 0. The number of carbonyl (C=O) groups is 1. The van der Waals surface area contributed by atoms with E-state index in [9.17, 15) is 9.18 Å². The molecule has 0 aliphatic carbocycles. The molecule has 1 aliphatic rings. The summed E-state index contributed by atoms with van der Waals surface area (Å²) in [6.07, 6.45) is 1.18. The van der Waals surface area contributed by atoms with Gasteiger partial charge in [0.1, 0.15) is 11.7 Å². The van der Waals surface area contributed by atoms with E-state index in [1.165, 1.54) is 12.1 Å². The van der Waals surface area contributed by atoms with Crippen molar-refractivity contribution in [3.63, 3.8) is 0 Å². The minimum absolute atomic E-state index is 0.0727. The van der Waals surface area contributed by atoms with Gasteiger partial charge < -0.3 is 4.90 Å². The lowest BCUT2D eigenvalue weighted by Crippen LogP contribution is -2.45. The van der Waals surface area contributed by atoms with Crippen LogP contribution in [-0.2, 0) is 24.3 Å². The number of tetrazole rings is 1. The van der Waals surface area contributed by atoms with Crippen LogP contribution in [0.1, 0.15) is 17.8 Å². The first-order chi connectivity index (χ1) is 11.1. The molecule has 122 valence electrons. The van der Waals surface area contributed by atoms with Crippen molar-refractivity contribution in [2.45, 2.75) is 32.0 Å². The summed E-state index contributed by atoms with van der Waals surface area (Å²) in [5, 5.41) is 11.7. The first kappa shape index (κ1) is 16.1. The van der Waals surface area contributed by atoms with Crippen LogP contribution in [0.2, 0.25) is 5.02 Å². The number of aryl methyl sites for hydroxylation is 1. The number of hydrogen-bond acceptors (Lipinski definition) is 4. The van der Waals surface area contributed by atoms with Crippen molar-refractivity contribution < 1.29 is 9.18 Å². The Bertz CT molecular complexity index is 703. The van der Waals surface area contributed by atoms with Crippen LogP contribution < -0.4 is 0 Å². The highest BCUT2D eigenvalue weighted by atomic mass is 35.5. The smallest absolute Gasteiger partial charge is 0.238 e. The summed E-state index contributed by atoms with van der Waals surface area (Å²) in [5.74, 6) is -0.177. The van der Waals surface area contributed by atoms with Gasteiger partial charge in [0.15, 0.2) is 5.82 Å². The molecule has 0 radical (unpaired) electrons. The van der Waals surface area contributed by atoms with Crippen LogP contribution in [-0.4, -0.2) is 42.9 Å². The number of aromatic nitrogens is 4. The molecular weight excluding hydrogens is 344 g/mol. The second-order valence-corrected chi connectivity index (χ2v) is 5.99. The number of amides is 1. The third-order valence-electron chi connectivity index (χ3n) is 3.96. The average molecular weight is 358 g/mol. The van der Waals surface area contributed by atoms with Crippen molar-refractivity contribution in [1.29, 1.82) is 0 Å². The molecule has 3 rings (SSSR count). The van der Waals surface area contributed by atoms with Crippen molar-refractivity contribution in [1.82, 2.24) is 25.1 Å². The molecule has 0 spiro atoms. The Kier molecular flexibility index (Phi) is 4.77. The Hall–Kier alpha value is -1.73. The van der Waals surface area contributed by atoms with Crippen LogP contribution in [0.5, 0.6) is 0 Å². The summed E-state index contributed by atoms with van der Waals surface area (Å²) in [6.45, 7) is 0.674. The topological polar surface area (TPSA) is 63.9 Å². The molecule has 1 amide bonds. The van der Waals surface area contributed by atoms with Gasteiger partial charge in [-0.15, -0.1) is 16.7 Å². The molecule has 6 nitrogen and oxygen atoms in total. The Labute approximate surface area is 142 Å². The van der Waals surface area contributed by atoms with E-state index in [1.54, 1.807) is 15.6 Å². The molecule has 1 aliphatic heterocycles. The summed E-state index contributed by atoms with van der Waals surface area (Å²) < 4.78 is 15.7. The summed E-state index contributed by atoms with van der Waals surface area (Å²) in [7, 11) is 0. The van der Waals surface area contributed by atoms with E-state index < -0.39 is 5.82 Å². The van der Waals surface area contributed by atoms with E-state index in [-0.39, 0.29) is 35.0 Å². The van der Waals surface area contributed by atoms with Gasteiger partial charge in [-0.1, -0.05) is 17.7 Å². The molecule has 2 aromatic rings. The van der Waals surface area contributed by atoms with E-state index in [4.69, 9.17) is 23.2 Å². The van der Waals surface area contributed by atoms with Gasteiger partial charge in [0.25, 0.3) is 0 Å². The van der Waals surface area contributed by atoms with Gasteiger partial charge in [0, 0.05) is 29.6 Å². The average Bonchev–Trinajstić information content (AvgIpc) is 3.01. The molecule has 2 heterocycles. The quantitative estimate of drug-likeness (QED) is 0.785. The molecule has 9 heteroatoms. The Balaban J connectivity index is 1.86. The van der Waals surface area contributed by atoms with Crippen molar-refractivity contribution >= 4 is 29.1 Å². The van der Waals surface area contributed by atoms with Crippen LogP contribution >= 0.6 is 23.2 Å². The first-order valence-corrected chi connectivity index (χ1v) is 8.04. The maximum absolute atomic E-state index is 14.0.